The standard InChI is InChI=1S/C21H15Br2Cl2NO/c1-13-5-6-18(10-20(13)25)26-11-15-8-16(22)9-19(23)21(15)27-12-14-3-2-4-17(24)7-14/h2-11H,12H2,1H3. The molecule has 0 fully saturated rings. The Morgan fingerprint density at radius 2 is 1.85 bits per heavy atom. The van der Waals surface area contributed by atoms with Crippen LogP contribution in [0.4, 0.5) is 5.69 Å². The van der Waals surface area contributed by atoms with Gasteiger partial charge in [0, 0.05) is 26.3 Å². The zero-order chi connectivity index (χ0) is 19.4. The van der Waals surface area contributed by atoms with Crippen molar-refractivity contribution < 1.29 is 4.74 Å². The van der Waals surface area contributed by atoms with E-state index in [0.717, 1.165) is 31.3 Å². The van der Waals surface area contributed by atoms with Gasteiger partial charge < -0.3 is 4.74 Å². The summed E-state index contributed by atoms with van der Waals surface area (Å²) in [5.41, 5.74) is 3.63. The van der Waals surface area contributed by atoms with Crippen LogP contribution < -0.4 is 4.74 Å². The van der Waals surface area contributed by atoms with E-state index in [4.69, 9.17) is 27.9 Å². The molecule has 0 spiro atoms. The van der Waals surface area contributed by atoms with Crippen molar-refractivity contribution >= 4 is 67.0 Å². The molecule has 3 rings (SSSR count). The van der Waals surface area contributed by atoms with Crippen molar-refractivity contribution in [2.45, 2.75) is 13.5 Å². The van der Waals surface area contributed by atoms with Crippen LogP contribution in [-0.2, 0) is 6.61 Å². The quantitative estimate of drug-likeness (QED) is 0.307. The SMILES string of the molecule is Cc1ccc(N=Cc2cc(Br)cc(Br)c2OCc2cccc(Cl)c2)cc1Cl. The Kier molecular flexibility index (Phi) is 6.99. The van der Waals surface area contributed by atoms with Crippen LogP contribution in [0.2, 0.25) is 10.0 Å². The molecule has 2 nitrogen and oxygen atoms in total. The highest BCUT2D eigenvalue weighted by Gasteiger charge is 2.10. The lowest BCUT2D eigenvalue weighted by molar-refractivity contribution is 0.304. The average Bonchev–Trinajstić information content (AvgIpc) is 2.62. The fourth-order valence-corrected chi connectivity index (χ4v) is 4.18. The zero-order valence-corrected chi connectivity index (χ0v) is 19.0. The molecule has 138 valence electrons. The van der Waals surface area contributed by atoms with Gasteiger partial charge in [-0.05, 0) is 70.4 Å². The van der Waals surface area contributed by atoms with Crippen molar-refractivity contribution in [1.82, 2.24) is 0 Å². The fourth-order valence-electron chi connectivity index (χ4n) is 2.42. The Balaban J connectivity index is 1.87. The molecule has 0 atom stereocenters. The van der Waals surface area contributed by atoms with Crippen LogP contribution in [0.5, 0.6) is 5.75 Å². The first-order valence-electron chi connectivity index (χ1n) is 8.09. The van der Waals surface area contributed by atoms with Gasteiger partial charge in [-0.1, -0.05) is 57.3 Å². The summed E-state index contributed by atoms with van der Waals surface area (Å²) >= 11 is 19.3. The van der Waals surface area contributed by atoms with E-state index in [-0.39, 0.29) is 0 Å². The Morgan fingerprint density at radius 3 is 2.59 bits per heavy atom. The van der Waals surface area contributed by atoms with Gasteiger partial charge in [0.25, 0.3) is 0 Å². The Hall–Kier alpha value is -1.33. The van der Waals surface area contributed by atoms with Crippen molar-refractivity contribution in [1.29, 1.82) is 0 Å². The number of halogens is 4. The lowest BCUT2D eigenvalue weighted by Gasteiger charge is -2.12. The summed E-state index contributed by atoms with van der Waals surface area (Å²) in [6, 6.07) is 17.2. The van der Waals surface area contributed by atoms with Gasteiger partial charge in [-0.15, -0.1) is 0 Å². The van der Waals surface area contributed by atoms with E-state index >= 15 is 0 Å². The molecule has 0 aliphatic carbocycles. The van der Waals surface area contributed by atoms with Crippen molar-refractivity contribution in [3.05, 3.63) is 90.3 Å². The summed E-state index contributed by atoms with van der Waals surface area (Å²) in [7, 11) is 0. The summed E-state index contributed by atoms with van der Waals surface area (Å²) < 4.78 is 7.81. The van der Waals surface area contributed by atoms with Gasteiger partial charge in [-0.25, -0.2) is 0 Å². The van der Waals surface area contributed by atoms with Crippen molar-refractivity contribution in [3.8, 4) is 5.75 Å². The predicted octanol–water partition coefficient (Wildman–Crippen LogP) is 8.16. The second-order valence-corrected chi connectivity index (χ2v) is 8.53. The molecule has 0 aliphatic rings. The van der Waals surface area contributed by atoms with E-state index < -0.39 is 0 Å². The highest BCUT2D eigenvalue weighted by Crippen LogP contribution is 2.33. The molecular weight excluding hydrogens is 513 g/mol. The molecule has 0 saturated heterocycles. The lowest BCUT2D eigenvalue weighted by atomic mass is 10.2. The number of aliphatic imine (C=N–C) groups is 1. The van der Waals surface area contributed by atoms with Crippen molar-refractivity contribution in [2.75, 3.05) is 0 Å². The molecule has 0 saturated carbocycles. The van der Waals surface area contributed by atoms with Gasteiger partial charge in [0.15, 0.2) is 0 Å². The van der Waals surface area contributed by atoms with Crippen LogP contribution in [0.3, 0.4) is 0 Å². The average molecular weight is 528 g/mol. The number of rotatable bonds is 5. The molecule has 0 N–H and O–H groups in total. The smallest absolute Gasteiger partial charge is 0.142 e. The maximum Gasteiger partial charge on any atom is 0.142 e. The summed E-state index contributed by atoms with van der Waals surface area (Å²) in [6.45, 7) is 2.36. The molecule has 0 amide bonds. The van der Waals surface area contributed by atoms with Gasteiger partial charge in [0.1, 0.15) is 12.4 Å². The third-order valence-electron chi connectivity index (χ3n) is 3.82. The van der Waals surface area contributed by atoms with Crippen LogP contribution in [0.1, 0.15) is 16.7 Å². The summed E-state index contributed by atoms with van der Waals surface area (Å²) in [4.78, 5) is 4.54. The van der Waals surface area contributed by atoms with Crippen LogP contribution in [0, 0.1) is 6.92 Å². The number of nitrogens with zero attached hydrogens (tertiary/aromatic N) is 1. The number of aryl methyl sites for hydroxylation is 1. The van der Waals surface area contributed by atoms with E-state index in [0.29, 0.717) is 22.4 Å². The Bertz CT molecular complexity index is 1010. The van der Waals surface area contributed by atoms with E-state index in [1.165, 1.54) is 0 Å². The maximum absolute atomic E-state index is 6.18. The lowest BCUT2D eigenvalue weighted by Crippen LogP contribution is -1.99. The molecule has 0 aliphatic heterocycles. The van der Waals surface area contributed by atoms with Crippen LogP contribution >= 0.6 is 55.1 Å². The van der Waals surface area contributed by atoms with Gasteiger partial charge in [0.2, 0.25) is 0 Å². The third kappa shape index (κ3) is 5.58. The summed E-state index contributed by atoms with van der Waals surface area (Å²) in [5.74, 6) is 0.708. The van der Waals surface area contributed by atoms with E-state index in [1.807, 2.05) is 61.5 Å². The largest absolute Gasteiger partial charge is 0.487 e. The van der Waals surface area contributed by atoms with Crippen LogP contribution in [-0.4, -0.2) is 6.21 Å². The van der Waals surface area contributed by atoms with Gasteiger partial charge in [-0.2, -0.15) is 0 Å². The second-order valence-electron chi connectivity index (χ2n) is 5.92. The molecule has 27 heavy (non-hydrogen) atoms. The second kappa shape index (κ2) is 9.24. The van der Waals surface area contributed by atoms with Crippen molar-refractivity contribution in [2.24, 2.45) is 4.99 Å². The van der Waals surface area contributed by atoms with Gasteiger partial charge in [-0.3, -0.25) is 4.99 Å². The molecule has 3 aromatic rings. The fraction of sp³-hybridized carbons (Fsp3) is 0.0952. The summed E-state index contributed by atoms with van der Waals surface area (Å²) in [6.07, 6.45) is 1.77. The molecule has 0 bridgehead atoms. The molecule has 6 heteroatoms. The number of hydrogen-bond acceptors (Lipinski definition) is 2. The first-order valence-corrected chi connectivity index (χ1v) is 10.4. The van der Waals surface area contributed by atoms with E-state index in [2.05, 4.69) is 36.9 Å². The monoisotopic (exact) mass is 525 g/mol. The molecular formula is C21H15Br2Cl2NO. The van der Waals surface area contributed by atoms with Crippen molar-refractivity contribution in [3.63, 3.8) is 0 Å². The van der Waals surface area contributed by atoms with Crippen LogP contribution in [0.25, 0.3) is 0 Å². The minimum absolute atomic E-state index is 0.401. The van der Waals surface area contributed by atoms with Gasteiger partial charge >= 0.3 is 0 Å². The van der Waals surface area contributed by atoms with E-state index in [9.17, 15) is 0 Å². The molecule has 0 aromatic heterocycles. The number of benzene rings is 3. The van der Waals surface area contributed by atoms with Crippen LogP contribution in [0.15, 0.2) is 68.5 Å². The first-order chi connectivity index (χ1) is 12.9. The Labute approximate surface area is 185 Å². The number of ether oxygens (including phenoxy) is 1. The minimum atomic E-state index is 0.401. The minimum Gasteiger partial charge on any atom is -0.487 e. The number of hydrogen-bond donors (Lipinski definition) is 0. The molecule has 0 radical (unpaired) electrons. The highest BCUT2D eigenvalue weighted by molar-refractivity contribution is 9.11. The molecule has 0 heterocycles. The topological polar surface area (TPSA) is 21.6 Å². The van der Waals surface area contributed by atoms with Gasteiger partial charge in [0.05, 0.1) is 10.2 Å². The third-order valence-corrected chi connectivity index (χ3v) is 5.51. The van der Waals surface area contributed by atoms with E-state index in [1.54, 1.807) is 6.21 Å². The summed E-state index contributed by atoms with van der Waals surface area (Å²) in [5, 5.41) is 1.38. The highest BCUT2D eigenvalue weighted by atomic mass is 79.9. The maximum atomic E-state index is 6.18. The molecule has 3 aromatic carbocycles. The first kappa shape index (κ1) is 20.4. The predicted molar refractivity (Wildman–Crippen MR) is 121 cm³/mol. The Morgan fingerprint density at radius 1 is 1.04 bits per heavy atom. The molecule has 0 unspecified atom stereocenters. The zero-order valence-electron chi connectivity index (χ0n) is 14.3. The normalized spacial score (nSPS) is 11.1.